The highest BCUT2D eigenvalue weighted by atomic mass is 35.5. The number of rotatable bonds is 4. The predicted octanol–water partition coefficient (Wildman–Crippen LogP) is 2.49. The van der Waals surface area contributed by atoms with Crippen molar-refractivity contribution in [2.24, 2.45) is 0 Å². The molecule has 1 fully saturated rings. The van der Waals surface area contributed by atoms with Gasteiger partial charge in [-0.05, 0) is 19.1 Å². The molecule has 2 atom stereocenters. The molecule has 5 nitrogen and oxygen atoms in total. The van der Waals surface area contributed by atoms with Crippen LogP contribution in [0.5, 0.6) is 5.75 Å². The molecule has 7 heteroatoms. The molecule has 0 radical (unpaired) electrons. The average molecular weight is 319 g/mol. The first-order valence-corrected chi connectivity index (χ1v) is 7.07. The molecule has 110 valence electrons. The van der Waals surface area contributed by atoms with E-state index >= 15 is 0 Å². The minimum atomic E-state index is -0.574. The monoisotopic (exact) mass is 318 g/mol. The van der Waals surface area contributed by atoms with Crippen molar-refractivity contribution in [2.75, 3.05) is 13.1 Å². The van der Waals surface area contributed by atoms with Gasteiger partial charge in [0.15, 0.2) is 6.23 Å². The zero-order valence-electron chi connectivity index (χ0n) is 11.0. The zero-order chi connectivity index (χ0) is 14.7. The molecule has 2 N–H and O–H groups in total. The Morgan fingerprint density at radius 2 is 2.30 bits per heavy atom. The average Bonchev–Trinajstić information content (AvgIpc) is 2.36. The molecule has 0 aliphatic carbocycles. The van der Waals surface area contributed by atoms with Crippen LogP contribution >= 0.6 is 23.2 Å². The van der Waals surface area contributed by atoms with Crippen LogP contribution in [0.25, 0.3) is 0 Å². The molecule has 0 spiro atoms. The summed E-state index contributed by atoms with van der Waals surface area (Å²) in [6, 6.07) is 4.73. The lowest BCUT2D eigenvalue weighted by molar-refractivity contribution is -0.0222. The molecule has 1 heterocycles. The number of benzene rings is 1. The predicted molar refractivity (Wildman–Crippen MR) is 77.3 cm³/mol. The van der Waals surface area contributed by atoms with Gasteiger partial charge in [0.1, 0.15) is 5.75 Å². The van der Waals surface area contributed by atoms with Crippen molar-refractivity contribution in [3.63, 3.8) is 0 Å². The number of carbonyl (C=O) groups excluding carboxylic acids is 1. The summed E-state index contributed by atoms with van der Waals surface area (Å²) in [6.07, 6.45) is -0.140. The van der Waals surface area contributed by atoms with Crippen molar-refractivity contribution in [1.29, 1.82) is 0 Å². The van der Waals surface area contributed by atoms with E-state index in [1.54, 1.807) is 30.0 Å². The normalized spacial score (nSPS) is 19.2. The number of ether oxygens (including phenoxy) is 1. The molecule has 20 heavy (non-hydrogen) atoms. The smallest absolute Gasteiger partial charge is 0.320 e. The number of hydrogen-bond donors (Lipinski definition) is 2. The van der Waals surface area contributed by atoms with Crippen LogP contribution in [0, 0.1) is 0 Å². The SMILES string of the molecule is CC(O)CNC(=O)N1CCC1Oc1ccc(Cl)c(Cl)c1. The number of amides is 2. The van der Waals surface area contributed by atoms with E-state index in [2.05, 4.69) is 5.32 Å². The van der Waals surface area contributed by atoms with Gasteiger partial charge in [0.25, 0.3) is 0 Å². The fraction of sp³-hybridized carbons (Fsp3) is 0.462. The van der Waals surface area contributed by atoms with E-state index in [4.69, 9.17) is 33.0 Å². The number of urea groups is 1. The molecule has 0 saturated carbocycles. The number of aliphatic hydroxyl groups excluding tert-OH is 1. The lowest BCUT2D eigenvalue weighted by atomic mass is 10.2. The Morgan fingerprint density at radius 3 is 2.85 bits per heavy atom. The van der Waals surface area contributed by atoms with E-state index in [9.17, 15) is 4.79 Å². The number of carbonyl (C=O) groups is 1. The summed E-state index contributed by atoms with van der Waals surface area (Å²) >= 11 is 11.7. The number of nitrogens with zero attached hydrogens (tertiary/aromatic N) is 1. The molecule has 1 aromatic carbocycles. The van der Waals surface area contributed by atoms with Gasteiger partial charge in [-0.1, -0.05) is 23.2 Å². The number of halogens is 2. The molecule has 2 rings (SSSR count). The fourth-order valence-corrected chi connectivity index (χ4v) is 2.05. The Labute approximate surface area is 127 Å². The van der Waals surface area contributed by atoms with Gasteiger partial charge >= 0.3 is 6.03 Å². The minimum absolute atomic E-state index is 0.217. The second-order valence-electron chi connectivity index (χ2n) is 4.67. The highest BCUT2D eigenvalue weighted by Gasteiger charge is 2.34. The third kappa shape index (κ3) is 3.69. The van der Waals surface area contributed by atoms with Crippen LogP contribution in [0.1, 0.15) is 13.3 Å². The summed E-state index contributed by atoms with van der Waals surface area (Å²) in [5, 5.41) is 12.6. The van der Waals surface area contributed by atoms with Gasteiger partial charge in [-0.15, -0.1) is 0 Å². The van der Waals surface area contributed by atoms with Gasteiger partial charge < -0.3 is 15.2 Å². The first-order valence-electron chi connectivity index (χ1n) is 6.31. The zero-order valence-corrected chi connectivity index (χ0v) is 12.5. The second-order valence-corrected chi connectivity index (χ2v) is 5.48. The number of likely N-dealkylation sites (tertiary alicyclic amines) is 1. The van der Waals surface area contributed by atoms with E-state index in [-0.39, 0.29) is 18.8 Å². The standard InChI is InChI=1S/C13H16Cl2N2O3/c1-8(18)7-16-13(19)17-5-4-12(17)20-9-2-3-10(14)11(15)6-9/h2-3,6,8,12,18H,4-5,7H2,1H3,(H,16,19). The van der Waals surface area contributed by atoms with Crippen LogP contribution in [0.15, 0.2) is 18.2 Å². The Kier molecular flexibility index (Phi) is 4.96. The van der Waals surface area contributed by atoms with Crippen LogP contribution in [0.4, 0.5) is 4.79 Å². The van der Waals surface area contributed by atoms with Crippen molar-refractivity contribution in [3.8, 4) is 5.75 Å². The maximum atomic E-state index is 11.8. The highest BCUT2D eigenvalue weighted by Crippen LogP contribution is 2.29. The maximum Gasteiger partial charge on any atom is 0.320 e. The van der Waals surface area contributed by atoms with Crippen LogP contribution in [-0.2, 0) is 0 Å². The van der Waals surface area contributed by atoms with Crippen molar-refractivity contribution in [3.05, 3.63) is 28.2 Å². The van der Waals surface area contributed by atoms with Gasteiger partial charge in [0.05, 0.1) is 16.1 Å². The lowest BCUT2D eigenvalue weighted by Crippen LogP contribution is -2.57. The van der Waals surface area contributed by atoms with Crippen LogP contribution < -0.4 is 10.1 Å². The topological polar surface area (TPSA) is 61.8 Å². The molecular formula is C13H16Cl2N2O3. The van der Waals surface area contributed by atoms with E-state index < -0.39 is 6.10 Å². The summed E-state index contributed by atoms with van der Waals surface area (Å²) in [7, 11) is 0. The number of aliphatic hydroxyl groups is 1. The quantitative estimate of drug-likeness (QED) is 0.896. The Hall–Kier alpha value is -1.17. The Bertz CT molecular complexity index is 497. The summed E-state index contributed by atoms with van der Waals surface area (Å²) in [5.41, 5.74) is 0. The van der Waals surface area contributed by atoms with Gasteiger partial charge in [0.2, 0.25) is 0 Å². The molecular weight excluding hydrogens is 303 g/mol. The molecule has 1 aromatic rings. The molecule has 2 amide bonds. The van der Waals surface area contributed by atoms with E-state index in [1.807, 2.05) is 0 Å². The molecule has 0 aromatic heterocycles. The van der Waals surface area contributed by atoms with Crippen LogP contribution in [0.2, 0.25) is 10.0 Å². The van der Waals surface area contributed by atoms with Gasteiger partial charge in [-0.25, -0.2) is 4.79 Å². The summed E-state index contributed by atoms with van der Waals surface area (Å²) < 4.78 is 5.69. The highest BCUT2D eigenvalue weighted by molar-refractivity contribution is 6.42. The first kappa shape index (κ1) is 15.2. The van der Waals surface area contributed by atoms with Crippen molar-refractivity contribution < 1.29 is 14.6 Å². The van der Waals surface area contributed by atoms with Crippen molar-refractivity contribution in [2.45, 2.75) is 25.7 Å². The molecule has 0 bridgehead atoms. The van der Waals surface area contributed by atoms with E-state index in [1.165, 1.54) is 0 Å². The fourth-order valence-electron chi connectivity index (χ4n) is 1.76. The van der Waals surface area contributed by atoms with Gasteiger partial charge in [-0.2, -0.15) is 0 Å². The Morgan fingerprint density at radius 1 is 1.55 bits per heavy atom. The summed E-state index contributed by atoms with van der Waals surface area (Å²) in [5.74, 6) is 0.567. The molecule has 2 unspecified atom stereocenters. The second kappa shape index (κ2) is 6.52. The van der Waals surface area contributed by atoms with E-state index in [0.717, 1.165) is 6.42 Å². The third-order valence-corrected chi connectivity index (χ3v) is 3.68. The van der Waals surface area contributed by atoms with Gasteiger partial charge in [0, 0.05) is 25.6 Å². The molecule has 1 aliphatic heterocycles. The largest absolute Gasteiger partial charge is 0.470 e. The van der Waals surface area contributed by atoms with Crippen LogP contribution in [0.3, 0.4) is 0 Å². The maximum absolute atomic E-state index is 11.8. The minimum Gasteiger partial charge on any atom is -0.470 e. The first-order chi connectivity index (χ1) is 9.47. The van der Waals surface area contributed by atoms with Crippen molar-refractivity contribution >= 4 is 29.2 Å². The molecule has 1 aliphatic rings. The Balaban J connectivity index is 1.90. The summed E-state index contributed by atoms with van der Waals surface area (Å²) in [6.45, 7) is 2.45. The van der Waals surface area contributed by atoms with Crippen molar-refractivity contribution in [1.82, 2.24) is 10.2 Å². The lowest BCUT2D eigenvalue weighted by Gasteiger charge is -2.40. The van der Waals surface area contributed by atoms with E-state index in [0.29, 0.717) is 22.3 Å². The molecule has 1 saturated heterocycles. The summed E-state index contributed by atoms with van der Waals surface area (Å²) in [4.78, 5) is 13.4. The number of nitrogens with one attached hydrogen (secondary N) is 1. The van der Waals surface area contributed by atoms with Gasteiger partial charge in [-0.3, -0.25) is 4.90 Å². The third-order valence-electron chi connectivity index (χ3n) is 2.94. The van der Waals surface area contributed by atoms with Crippen LogP contribution in [-0.4, -0.2) is 41.5 Å². The number of hydrogen-bond acceptors (Lipinski definition) is 3.